The highest BCUT2D eigenvalue weighted by molar-refractivity contribution is 6.04. The molecule has 2 aromatic rings. The number of methoxy groups -OCH3 is 2. The average Bonchev–Trinajstić information content (AvgIpc) is 3.00. The Balaban J connectivity index is 1.74. The van der Waals surface area contributed by atoms with E-state index in [-0.39, 0.29) is 11.8 Å². The first kappa shape index (κ1) is 16.6. The summed E-state index contributed by atoms with van der Waals surface area (Å²) in [5.41, 5.74) is 2.82. The van der Waals surface area contributed by atoms with Gasteiger partial charge in [0.05, 0.1) is 14.2 Å². The Labute approximate surface area is 145 Å². The van der Waals surface area contributed by atoms with E-state index in [1.807, 2.05) is 6.07 Å². The Bertz CT molecular complexity index is 858. The van der Waals surface area contributed by atoms with Crippen molar-refractivity contribution >= 4 is 23.6 Å². The summed E-state index contributed by atoms with van der Waals surface area (Å²) in [6.07, 6.45) is 3.06. The third-order valence-corrected chi connectivity index (χ3v) is 3.91. The van der Waals surface area contributed by atoms with Gasteiger partial charge < -0.3 is 20.1 Å². The molecule has 2 N–H and O–H groups in total. The fourth-order valence-electron chi connectivity index (χ4n) is 2.61. The molecule has 3 rings (SSSR count). The van der Waals surface area contributed by atoms with Crippen LogP contribution in [0.15, 0.2) is 42.5 Å². The molecule has 0 spiro atoms. The third-order valence-electron chi connectivity index (χ3n) is 3.91. The van der Waals surface area contributed by atoms with Crippen LogP contribution in [0.2, 0.25) is 0 Å². The maximum absolute atomic E-state index is 12.2. The number of rotatable bonds is 5. The van der Waals surface area contributed by atoms with Gasteiger partial charge in [-0.3, -0.25) is 9.59 Å². The van der Waals surface area contributed by atoms with Crippen molar-refractivity contribution in [2.75, 3.05) is 19.5 Å². The van der Waals surface area contributed by atoms with Crippen molar-refractivity contribution in [2.45, 2.75) is 6.54 Å². The first-order chi connectivity index (χ1) is 12.1. The zero-order valence-corrected chi connectivity index (χ0v) is 14.0. The van der Waals surface area contributed by atoms with Crippen LogP contribution in [0, 0.1) is 0 Å². The van der Waals surface area contributed by atoms with Gasteiger partial charge in [-0.05, 0) is 42.0 Å². The zero-order chi connectivity index (χ0) is 17.8. The molecule has 0 saturated carbocycles. The molecule has 0 bridgehead atoms. The first-order valence-electron chi connectivity index (χ1n) is 7.73. The van der Waals surface area contributed by atoms with Crippen LogP contribution in [-0.4, -0.2) is 26.0 Å². The maximum atomic E-state index is 12.2. The fraction of sp³-hybridized carbons (Fsp3) is 0.158. The number of nitrogens with one attached hydrogen (secondary N) is 2. The summed E-state index contributed by atoms with van der Waals surface area (Å²) in [7, 11) is 3.14. The molecule has 1 aliphatic rings. The van der Waals surface area contributed by atoms with Gasteiger partial charge in [-0.15, -0.1) is 0 Å². The van der Waals surface area contributed by atoms with E-state index in [1.165, 1.54) is 6.08 Å². The Morgan fingerprint density at radius 3 is 2.76 bits per heavy atom. The number of amides is 2. The number of ether oxygens (including phenoxy) is 2. The van der Waals surface area contributed by atoms with Gasteiger partial charge in [-0.25, -0.2) is 0 Å². The number of hydrogen-bond acceptors (Lipinski definition) is 4. The van der Waals surface area contributed by atoms with Crippen LogP contribution in [0.1, 0.15) is 21.5 Å². The third kappa shape index (κ3) is 3.63. The first-order valence-corrected chi connectivity index (χ1v) is 7.73. The summed E-state index contributed by atoms with van der Waals surface area (Å²) in [5.74, 6) is 0.885. The van der Waals surface area contributed by atoms with Crippen molar-refractivity contribution in [2.24, 2.45) is 0 Å². The van der Waals surface area contributed by atoms with E-state index in [4.69, 9.17) is 9.47 Å². The molecule has 0 aromatic heterocycles. The van der Waals surface area contributed by atoms with E-state index >= 15 is 0 Å². The highest BCUT2D eigenvalue weighted by atomic mass is 16.5. The van der Waals surface area contributed by atoms with Gasteiger partial charge in [0.25, 0.3) is 5.91 Å². The standard InChI is InChI=1S/C19H18N2O4/c1-24-15-6-7-17(25-2)12(9-15)4-8-18(22)21-14-5-3-13-11-20-19(23)16(13)10-14/h3-10H,11H2,1-2H3,(H,20,23)(H,21,22). The molecule has 1 heterocycles. The number of carbonyl (C=O) groups excluding carboxylic acids is 2. The van der Waals surface area contributed by atoms with E-state index in [0.717, 1.165) is 11.1 Å². The molecule has 0 atom stereocenters. The monoisotopic (exact) mass is 338 g/mol. The molecule has 0 unspecified atom stereocenters. The zero-order valence-electron chi connectivity index (χ0n) is 14.0. The van der Waals surface area contributed by atoms with E-state index in [1.54, 1.807) is 50.6 Å². The lowest BCUT2D eigenvalue weighted by molar-refractivity contribution is -0.111. The van der Waals surface area contributed by atoms with Crippen LogP contribution in [0.5, 0.6) is 11.5 Å². The molecule has 6 nitrogen and oxygen atoms in total. The Kier molecular flexibility index (Phi) is 4.70. The summed E-state index contributed by atoms with van der Waals surface area (Å²) >= 11 is 0. The summed E-state index contributed by atoms with van der Waals surface area (Å²) in [4.78, 5) is 23.8. The Morgan fingerprint density at radius 1 is 1.16 bits per heavy atom. The normalized spacial score (nSPS) is 12.6. The second kappa shape index (κ2) is 7.09. The average molecular weight is 338 g/mol. The van der Waals surface area contributed by atoms with Crippen LogP contribution in [-0.2, 0) is 11.3 Å². The van der Waals surface area contributed by atoms with E-state index in [9.17, 15) is 9.59 Å². The smallest absolute Gasteiger partial charge is 0.251 e. The SMILES string of the molecule is COc1ccc(OC)c(C=CC(=O)Nc2ccc3c(c2)C(=O)NC3)c1. The minimum Gasteiger partial charge on any atom is -0.497 e. The summed E-state index contributed by atoms with van der Waals surface area (Å²) in [6.45, 7) is 0.526. The van der Waals surface area contributed by atoms with Crippen LogP contribution >= 0.6 is 0 Å². The Hall–Kier alpha value is -3.28. The van der Waals surface area contributed by atoms with Crippen molar-refractivity contribution in [1.82, 2.24) is 5.32 Å². The quantitative estimate of drug-likeness (QED) is 0.822. The molecule has 25 heavy (non-hydrogen) atoms. The van der Waals surface area contributed by atoms with Gasteiger partial charge in [-0.1, -0.05) is 6.07 Å². The predicted octanol–water partition coefficient (Wildman–Crippen LogP) is 2.60. The molecular weight excluding hydrogens is 320 g/mol. The number of carbonyl (C=O) groups is 2. The largest absolute Gasteiger partial charge is 0.497 e. The molecule has 2 amide bonds. The molecule has 0 aliphatic carbocycles. The summed E-state index contributed by atoms with van der Waals surface area (Å²) in [5, 5.41) is 5.49. The molecule has 6 heteroatoms. The van der Waals surface area contributed by atoms with Crippen LogP contribution in [0.3, 0.4) is 0 Å². The van der Waals surface area contributed by atoms with Gasteiger partial charge in [0, 0.05) is 29.4 Å². The molecule has 0 fully saturated rings. The lowest BCUT2D eigenvalue weighted by Crippen LogP contribution is -2.13. The number of hydrogen-bond donors (Lipinski definition) is 2. The second-order valence-electron chi connectivity index (χ2n) is 5.49. The summed E-state index contributed by atoms with van der Waals surface area (Å²) in [6, 6.07) is 10.6. The van der Waals surface area contributed by atoms with E-state index in [2.05, 4.69) is 10.6 Å². The topological polar surface area (TPSA) is 76.7 Å². The van der Waals surface area contributed by atoms with E-state index < -0.39 is 0 Å². The van der Waals surface area contributed by atoms with Crippen molar-refractivity contribution in [1.29, 1.82) is 0 Å². The molecule has 0 saturated heterocycles. The molecule has 2 aromatic carbocycles. The van der Waals surface area contributed by atoms with Crippen molar-refractivity contribution in [3.8, 4) is 11.5 Å². The highest BCUT2D eigenvalue weighted by Gasteiger charge is 2.18. The van der Waals surface area contributed by atoms with E-state index in [0.29, 0.717) is 29.3 Å². The van der Waals surface area contributed by atoms with Gasteiger partial charge in [-0.2, -0.15) is 0 Å². The van der Waals surface area contributed by atoms with Gasteiger partial charge >= 0.3 is 0 Å². The van der Waals surface area contributed by atoms with Crippen molar-refractivity contribution in [3.63, 3.8) is 0 Å². The molecule has 0 radical (unpaired) electrons. The molecule has 1 aliphatic heterocycles. The van der Waals surface area contributed by atoms with Crippen LogP contribution in [0.4, 0.5) is 5.69 Å². The van der Waals surface area contributed by atoms with Gasteiger partial charge in [0.2, 0.25) is 5.91 Å². The maximum Gasteiger partial charge on any atom is 0.251 e. The number of benzene rings is 2. The van der Waals surface area contributed by atoms with Crippen molar-refractivity contribution < 1.29 is 19.1 Å². The van der Waals surface area contributed by atoms with Gasteiger partial charge in [0.15, 0.2) is 0 Å². The molecular formula is C19H18N2O4. The second-order valence-corrected chi connectivity index (χ2v) is 5.49. The van der Waals surface area contributed by atoms with Gasteiger partial charge in [0.1, 0.15) is 11.5 Å². The predicted molar refractivity (Wildman–Crippen MR) is 94.8 cm³/mol. The van der Waals surface area contributed by atoms with Crippen molar-refractivity contribution in [3.05, 3.63) is 59.2 Å². The fourth-order valence-corrected chi connectivity index (χ4v) is 2.61. The number of fused-ring (bicyclic) bond motifs is 1. The number of anilines is 1. The molecule has 128 valence electrons. The van der Waals surface area contributed by atoms with Crippen LogP contribution < -0.4 is 20.1 Å². The minimum atomic E-state index is -0.303. The minimum absolute atomic E-state index is 0.122. The van der Waals surface area contributed by atoms with Crippen LogP contribution in [0.25, 0.3) is 6.08 Å². The highest BCUT2D eigenvalue weighted by Crippen LogP contribution is 2.25. The Morgan fingerprint density at radius 2 is 2.00 bits per heavy atom. The lowest BCUT2D eigenvalue weighted by Gasteiger charge is -2.07. The lowest BCUT2D eigenvalue weighted by atomic mass is 10.1. The summed E-state index contributed by atoms with van der Waals surface area (Å²) < 4.78 is 10.5.